The van der Waals surface area contributed by atoms with Gasteiger partial charge in [-0.15, -0.1) is 0 Å². The maximum atomic E-state index is 12.3. The van der Waals surface area contributed by atoms with Gasteiger partial charge >= 0.3 is 6.09 Å². The normalized spacial score (nSPS) is 14.0. The van der Waals surface area contributed by atoms with E-state index in [1.807, 2.05) is 30.3 Å². The van der Waals surface area contributed by atoms with Gasteiger partial charge in [0, 0.05) is 12.5 Å². The minimum absolute atomic E-state index is 0.0186. The molecule has 0 aromatic heterocycles. The lowest BCUT2D eigenvalue weighted by Crippen LogP contribution is -2.30. The topological polar surface area (TPSA) is 103 Å². The highest BCUT2D eigenvalue weighted by Crippen LogP contribution is 2.44. The van der Waals surface area contributed by atoms with E-state index in [9.17, 15) is 15.0 Å². The molecule has 2 unspecified atom stereocenters. The van der Waals surface area contributed by atoms with E-state index < -0.39 is 18.3 Å². The van der Waals surface area contributed by atoms with Crippen LogP contribution in [0.25, 0.3) is 11.1 Å². The Balaban J connectivity index is 1.29. The summed E-state index contributed by atoms with van der Waals surface area (Å²) < 4.78 is 5.49. The van der Waals surface area contributed by atoms with Crippen LogP contribution in [0.2, 0.25) is 0 Å². The number of ether oxygens (including phenoxy) is 1. The van der Waals surface area contributed by atoms with Crippen molar-refractivity contribution in [3.05, 3.63) is 94.5 Å². The highest BCUT2D eigenvalue weighted by molar-refractivity contribution is 5.79. The number of aryl methyl sites for hydroxylation is 1. The zero-order valence-electron chi connectivity index (χ0n) is 18.4. The van der Waals surface area contributed by atoms with Crippen molar-refractivity contribution in [2.75, 3.05) is 13.2 Å². The van der Waals surface area contributed by atoms with Crippen molar-refractivity contribution >= 4 is 6.09 Å². The monoisotopic (exact) mass is 442 g/mol. The van der Waals surface area contributed by atoms with Crippen molar-refractivity contribution in [2.45, 2.75) is 31.5 Å². The molecule has 0 bridgehead atoms. The predicted molar refractivity (Wildman–Crippen MR) is 125 cm³/mol. The van der Waals surface area contributed by atoms with Crippen LogP contribution in [0, 0.1) is 18.3 Å². The van der Waals surface area contributed by atoms with Crippen LogP contribution in [0.3, 0.4) is 0 Å². The number of nitrogens with zero attached hydrogens (tertiary/aromatic N) is 1. The van der Waals surface area contributed by atoms with Crippen molar-refractivity contribution in [3.63, 3.8) is 0 Å². The number of carbonyl (C=O) groups excluding carboxylic acids is 1. The first kappa shape index (κ1) is 22.5. The molecule has 1 aliphatic rings. The average Bonchev–Trinajstić information content (AvgIpc) is 3.16. The molecule has 6 heteroatoms. The third kappa shape index (κ3) is 4.75. The first-order valence-electron chi connectivity index (χ1n) is 10.9. The molecule has 3 N–H and O–H groups in total. The zero-order valence-corrected chi connectivity index (χ0v) is 18.4. The second-order valence-electron chi connectivity index (χ2n) is 8.24. The summed E-state index contributed by atoms with van der Waals surface area (Å²) in [6.07, 6.45) is -2.58. The van der Waals surface area contributed by atoms with Crippen LogP contribution >= 0.6 is 0 Å². The molecule has 3 aromatic rings. The van der Waals surface area contributed by atoms with E-state index in [0.717, 1.165) is 27.8 Å². The number of carbonyl (C=O) groups is 1. The molecule has 168 valence electrons. The van der Waals surface area contributed by atoms with E-state index in [1.165, 1.54) is 0 Å². The maximum absolute atomic E-state index is 12.3. The molecule has 1 amide bonds. The number of hydrogen-bond acceptors (Lipinski definition) is 5. The summed E-state index contributed by atoms with van der Waals surface area (Å²) in [6.45, 7) is 2.15. The van der Waals surface area contributed by atoms with Crippen molar-refractivity contribution in [1.29, 1.82) is 5.26 Å². The van der Waals surface area contributed by atoms with E-state index >= 15 is 0 Å². The molecular formula is C27H26N2O4. The van der Waals surface area contributed by atoms with Crippen LogP contribution in [-0.2, 0) is 4.74 Å². The molecule has 0 fully saturated rings. The van der Waals surface area contributed by atoms with Crippen LogP contribution in [0.1, 0.15) is 46.3 Å². The van der Waals surface area contributed by atoms with Crippen molar-refractivity contribution < 1.29 is 19.7 Å². The highest BCUT2D eigenvalue weighted by Gasteiger charge is 2.29. The minimum atomic E-state index is -1.11. The summed E-state index contributed by atoms with van der Waals surface area (Å²) in [5.41, 5.74) is 6.39. The molecule has 0 saturated carbocycles. The Morgan fingerprint density at radius 1 is 1.06 bits per heavy atom. The number of hydrogen-bond donors (Lipinski definition) is 3. The summed E-state index contributed by atoms with van der Waals surface area (Å²) in [5.74, 6) is -0.0186. The van der Waals surface area contributed by atoms with Crippen LogP contribution in [0.15, 0.2) is 66.7 Å². The predicted octanol–water partition coefficient (Wildman–Crippen LogP) is 4.19. The van der Waals surface area contributed by atoms with Crippen molar-refractivity contribution in [1.82, 2.24) is 5.32 Å². The lowest BCUT2D eigenvalue weighted by Gasteiger charge is -2.20. The van der Waals surface area contributed by atoms with Gasteiger partial charge in [0.2, 0.25) is 0 Å². The van der Waals surface area contributed by atoms with Crippen LogP contribution in [-0.4, -0.2) is 35.6 Å². The van der Waals surface area contributed by atoms with Gasteiger partial charge in [0.15, 0.2) is 0 Å². The van der Waals surface area contributed by atoms with Crippen LogP contribution in [0.5, 0.6) is 0 Å². The van der Waals surface area contributed by atoms with Gasteiger partial charge in [-0.1, -0.05) is 54.6 Å². The molecular weight excluding hydrogens is 416 g/mol. The van der Waals surface area contributed by atoms with Gasteiger partial charge in [0.25, 0.3) is 0 Å². The number of rotatable bonds is 7. The summed E-state index contributed by atoms with van der Waals surface area (Å²) >= 11 is 0. The van der Waals surface area contributed by atoms with E-state index in [4.69, 9.17) is 10.00 Å². The number of fused-ring (bicyclic) bond motifs is 3. The Morgan fingerprint density at radius 2 is 1.70 bits per heavy atom. The third-order valence-electron chi connectivity index (χ3n) is 6.14. The van der Waals surface area contributed by atoms with Gasteiger partial charge in [0.05, 0.1) is 17.7 Å². The van der Waals surface area contributed by atoms with Gasteiger partial charge in [0.1, 0.15) is 12.7 Å². The van der Waals surface area contributed by atoms with E-state index in [1.54, 1.807) is 25.1 Å². The molecule has 0 radical (unpaired) electrons. The highest BCUT2D eigenvalue weighted by atomic mass is 16.5. The molecule has 2 atom stereocenters. The van der Waals surface area contributed by atoms with Gasteiger partial charge in [-0.2, -0.15) is 5.26 Å². The largest absolute Gasteiger partial charge is 0.449 e. The number of nitriles is 1. The summed E-state index contributed by atoms with van der Waals surface area (Å²) in [6, 6.07) is 23.2. The van der Waals surface area contributed by atoms with E-state index in [2.05, 4.69) is 29.6 Å². The molecule has 1 aliphatic carbocycles. The standard InChI is InChI=1S/C27H26N2O4/c1-17-14-18(15-28)10-11-19(17)26(31)25(30)12-13-29-27(32)33-16-24-22-8-4-2-6-20(22)21-7-3-5-9-23(21)24/h2-11,14,24-26,30-31H,12-13,16H2,1H3,(H,29,32). The Bertz CT molecular complexity index is 1160. The first-order chi connectivity index (χ1) is 16.0. The van der Waals surface area contributed by atoms with Crippen molar-refractivity contribution in [2.24, 2.45) is 0 Å². The van der Waals surface area contributed by atoms with Gasteiger partial charge in [-0.05, 0) is 58.9 Å². The number of benzene rings is 3. The Labute approximate surface area is 193 Å². The average molecular weight is 443 g/mol. The molecule has 4 rings (SSSR count). The number of alkyl carbamates (subject to hydrolysis) is 1. The SMILES string of the molecule is Cc1cc(C#N)ccc1C(O)C(O)CCNC(=O)OCC1c2ccccc2-c2ccccc21. The molecule has 3 aromatic carbocycles. The molecule has 0 saturated heterocycles. The fraction of sp³-hybridized carbons (Fsp3) is 0.259. The van der Waals surface area contributed by atoms with Gasteiger partial charge in [-0.3, -0.25) is 0 Å². The summed E-state index contributed by atoms with van der Waals surface area (Å²) in [4.78, 5) is 12.3. The molecule has 6 nitrogen and oxygen atoms in total. The van der Waals surface area contributed by atoms with Gasteiger partial charge in [-0.25, -0.2) is 4.79 Å². The fourth-order valence-corrected chi connectivity index (χ4v) is 4.41. The second-order valence-corrected chi connectivity index (χ2v) is 8.24. The zero-order chi connectivity index (χ0) is 23.4. The molecule has 0 heterocycles. The third-order valence-corrected chi connectivity index (χ3v) is 6.14. The number of aliphatic hydroxyl groups is 2. The van der Waals surface area contributed by atoms with Crippen molar-refractivity contribution in [3.8, 4) is 17.2 Å². The fourth-order valence-electron chi connectivity index (χ4n) is 4.41. The van der Waals surface area contributed by atoms with Gasteiger partial charge < -0.3 is 20.3 Å². The lowest BCUT2D eigenvalue weighted by molar-refractivity contribution is 0.0133. The molecule has 0 aliphatic heterocycles. The number of aliphatic hydroxyl groups excluding tert-OH is 2. The van der Waals surface area contributed by atoms with E-state index in [0.29, 0.717) is 11.1 Å². The lowest BCUT2D eigenvalue weighted by atomic mass is 9.96. The number of amides is 1. The molecule has 0 spiro atoms. The van der Waals surface area contributed by atoms with Crippen LogP contribution < -0.4 is 5.32 Å². The quantitative estimate of drug-likeness (QED) is 0.509. The van der Waals surface area contributed by atoms with E-state index in [-0.39, 0.29) is 25.5 Å². The van der Waals surface area contributed by atoms with Crippen LogP contribution in [0.4, 0.5) is 4.79 Å². The Hall–Kier alpha value is -3.66. The minimum Gasteiger partial charge on any atom is -0.449 e. The second kappa shape index (κ2) is 9.86. The molecule has 33 heavy (non-hydrogen) atoms. The Morgan fingerprint density at radius 3 is 2.30 bits per heavy atom. The summed E-state index contributed by atoms with van der Waals surface area (Å²) in [5, 5.41) is 32.4. The first-order valence-corrected chi connectivity index (χ1v) is 10.9. The maximum Gasteiger partial charge on any atom is 0.407 e. The Kier molecular flexibility index (Phi) is 6.74. The summed E-state index contributed by atoms with van der Waals surface area (Å²) in [7, 11) is 0. The number of nitrogens with one attached hydrogen (secondary N) is 1. The smallest absolute Gasteiger partial charge is 0.407 e.